The maximum absolute atomic E-state index is 12.8. The Labute approximate surface area is 335 Å². The first-order valence-corrected chi connectivity index (χ1v) is 22.8. The first kappa shape index (κ1) is 38.8. The summed E-state index contributed by atoms with van der Waals surface area (Å²) in [7, 11) is -7.82. The number of rotatable bonds is 6. The van der Waals surface area contributed by atoms with Gasteiger partial charge in [0.15, 0.2) is 9.79 Å². The first-order valence-electron chi connectivity index (χ1n) is 19.0. The number of urea groups is 1. The number of benzene rings is 2. The summed E-state index contributed by atoms with van der Waals surface area (Å²) >= 11 is 12.7. The lowest BCUT2D eigenvalue weighted by Crippen LogP contribution is -2.35. The molecular weight excluding hydrogens is 803 g/mol. The molecule has 2 amide bonds. The van der Waals surface area contributed by atoms with E-state index in [1.165, 1.54) is 57.7 Å². The van der Waals surface area contributed by atoms with Crippen LogP contribution < -0.4 is 30.4 Å². The molecule has 0 unspecified atom stereocenters. The van der Waals surface area contributed by atoms with Gasteiger partial charge in [0.1, 0.15) is 0 Å². The Morgan fingerprint density at radius 1 is 0.732 bits per heavy atom. The topological polar surface area (TPSA) is 216 Å². The number of sulfonamides is 2. The predicted molar refractivity (Wildman–Crippen MR) is 211 cm³/mol. The number of hydrogen-bond acceptors (Lipinski definition) is 10. The van der Waals surface area contributed by atoms with E-state index >= 15 is 0 Å². The van der Waals surface area contributed by atoms with Crippen LogP contribution in [0.25, 0.3) is 0 Å². The number of nitrogens with one attached hydrogen (secondary N) is 2. The van der Waals surface area contributed by atoms with Gasteiger partial charge in [-0.2, -0.15) is 10.2 Å². The number of nitrogens with zero attached hydrogens (tertiary/aromatic N) is 4. The summed E-state index contributed by atoms with van der Waals surface area (Å²) in [5.41, 5.74) is 15.0. The number of ether oxygens (including phenoxy) is 2. The van der Waals surface area contributed by atoms with Crippen molar-refractivity contribution >= 4 is 60.7 Å². The second kappa shape index (κ2) is 15.4. The molecule has 4 heterocycles. The Morgan fingerprint density at radius 3 is 1.82 bits per heavy atom. The Kier molecular flexibility index (Phi) is 10.7. The van der Waals surface area contributed by atoms with Crippen LogP contribution in [0.1, 0.15) is 96.6 Å². The molecule has 15 nitrogen and oxygen atoms in total. The van der Waals surface area contributed by atoms with Gasteiger partial charge in [-0.15, -0.1) is 0 Å². The quantitative estimate of drug-likeness (QED) is 0.171. The van der Waals surface area contributed by atoms with Crippen molar-refractivity contribution in [2.45, 2.75) is 112 Å². The molecule has 2 aromatic carbocycles. The van der Waals surface area contributed by atoms with Crippen molar-refractivity contribution in [2.75, 3.05) is 24.3 Å². The van der Waals surface area contributed by atoms with Crippen LogP contribution in [-0.4, -0.2) is 55.6 Å². The number of carbonyl (C=O) groups excluding carboxylic acids is 1. The molecule has 19 heteroatoms. The van der Waals surface area contributed by atoms with Gasteiger partial charge >= 0.3 is 6.03 Å². The van der Waals surface area contributed by atoms with E-state index in [2.05, 4.69) is 26.3 Å². The largest absolute Gasteiger partial charge is 0.477 e. The first-order chi connectivity index (χ1) is 26.8. The number of fused-ring (bicyclic) bond motifs is 4. The third-order valence-corrected chi connectivity index (χ3v) is 13.8. The van der Waals surface area contributed by atoms with E-state index in [-0.39, 0.29) is 21.6 Å². The van der Waals surface area contributed by atoms with E-state index in [0.717, 1.165) is 90.2 Å². The van der Waals surface area contributed by atoms with Crippen LogP contribution in [0.3, 0.4) is 0 Å². The van der Waals surface area contributed by atoms with Crippen LogP contribution in [0.4, 0.5) is 16.2 Å². The SMILES string of the molecule is NS(=O)(=O)c1cnn2c1OCCC2.Nc1c(C2CC2)cc(Cl)c2c1CCC2.O=C(Nc1c(C2CC2)cc(Cl)c2c1CCC2)NS(=O)(=O)c1cnn2c1OCCC2. The number of aromatic nitrogens is 4. The van der Waals surface area contributed by atoms with E-state index in [1.54, 1.807) is 0 Å². The van der Waals surface area contributed by atoms with Gasteiger partial charge in [0.05, 0.1) is 25.6 Å². The van der Waals surface area contributed by atoms with E-state index < -0.39 is 26.1 Å². The summed E-state index contributed by atoms with van der Waals surface area (Å²) in [5.74, 6) is 1.50. The number of nitrogens with two attached hydrogens (primary N) is 2. The zero-order chi connectivity index (χ0) is 39.4. The minimum atomic E-state index is -4.11. The van der Waals surface area contributed by atoms with Crippen LogP contribution in [0.2, 0.25) is 10.0 Å². The molecule has 10 rings (SSSR count). The number of carbonyl (C=O) groups is 1. The van der Waals surface area contributed by atoms with Crippen molar-refractivity contribution in [3.63, 3.8) is 0 Å². The maximum Gasteiger partial charge on any atom is 0.333 e. The van der Waals surface area contributed by atoms with Crippen LogP contribution in [0.15, 0.2) is 34.3 Å². The molecule has 6 aliphatic rings. The van der Waals surface area contributed by atoms with Gasteiger partial charge in [-0.1, -0.05) is 23.2 Å². The number of anilines is 2. The fraction of sp³-hybridized carbons (Fsp3) is 0.486. The fourth-order valence-corrected chi connectivity index (χ4v) is 10.2. The molecular formula is C37H44Cl2N8O7S2. The zero-order valence-electron chi connectivity index (χ0n) is 30.7. The van der Waals surface area contributed by atoms with Crippen molar-refractivity contribution in [1.29, 1.82) is 0 Å². The van der Waals surface area contributed by atoms with Crippen molar-refractivity contribution < 1.29 is 31.1 Å². The molecule has 4 aliphatic carbocycles. The molecule has 2 aromatic heterocycles. The zero-order valence-corrected chi connectivity index (χ0v) is 33.8. The summed E-state index contributed by atoms with van der Waals surface area (Å²) in [6, 6.07) is 3.24. The van der Waals surface area contributed by atoms with Gasteiger partial charge in [0, 0.05) is 47.4 Å². The van der Waals surface area contributed by atoms with Crippen molar-refractivity contribution in [3.05, 3.63) is 68.0 Å². The number of aryl methyl sites for hydroxylation is 2. The lowest BCUT2D eigenvalue weighted by molar-refractivity contribution is 0.224. The number of nitrogen functional groups attached to an aromatic ring is 1. The smallest absolute Gasteiger partial charge is 0.333 e. The second-order valence-corrected chi connectivity index (χ2v) is 18.9. The van der Waals surface area contributed by atoms with E-state index in [4.69, 9.17) is 43.5 Å². The van der Waals surface area contributed by atoms with Crippen LogP contribution in [0.5, 0.6) is 11.8 Å². The van der Waals surface area contributed by atoms with Gasteiger partial charge in [0.25, 0.3) is 10.0 Å². The van der Waals surface area contributed by atoms with Crippen molar-refractivity contribution in [1.82, 2.24) is 24.3 Å². The van der Waals surface area contributed by atoms with Gasteiger partial charge < -0.3 is 20.5 Å². The van der Waals surface area contributed by atoms with Gasteiger partial charge in [-0.05, 0) is 122 Å². The third kappa shape index (κ3) is 7.92. The van der Waals surface area contributed by atoms with Crippen LogP contribution in [-0.2, 0) is 58.8 Å². The number of halogens is 2. The summed E-state index contributed by atoms with van der Waals surface area (Å²) in [6.07, 6.45) is 14.8. The Bertz CT molecular complexity index is 2430. The molecule has 2 aliphatic heterocycles. The summed E-state index contributed by atoms with van der Waals surface area (Å²) < 4.78 is 63.3. The highest BCUT2D eigenvalue weighted by Gasteiger charge is 2.34. The average Bonchev–Trinajstić information content (AvgIpc) is 3.91. The summed E-state index contributed by atoms with van der Waals surface area (Å²) in [4.78, 5) is 12.5. The van der Waals surface area contributed by atoms with Crippen molar-refractivity contribution in [3.8, 4) is 11.8 Å². The van der Waals surface area contributed by atoms with Gasteiger partial charge in [-0.3, -0.25) is 0 Å². The number of primary sulfonamides is 1. The lowest BCUT2D eigenvalue weighted by atomic mass is 9.99. The minimum Gasteiger partial charge on any atom is -0.477 e. The van der Waals surface area contributed by atoms with Gasteiger partial charge in [-0.25, -0.2) is 40.9 Å². The molecule has 300 valence electrons. The Hall–Kier alpha value is -4.03. The Balaban J connectivity index is 0.000000135. The monoisotopic (exact) mass is 846 g/mol. The minimum absolute atomic E-state index is 0.0350. The highest BCUT2D eigenvalue weighted by molar-refractivity contribution is 7.90. The highest BCUT2D eigenvalue weighted by Crippen LogP contribution is 2.49. The standard InChI is InChI=1S/C19H21ClN4O4S.C12H14ClN.C6H9N3O3S/c20-15-9-14(11-5-6-11)17(13-4-1-3-12(13)15)22-19(25)23-29(26,27)16-10-21-24-7-2-8-28-18(16)24;13-11-6-10(7-4-5-7)12(14)9-3-1-2-8(9)11;7-13(10,11)5-4-8-9-2-1-3-12-6(5)9/h9-11H,1-8H2,(H2,22,23,25);6-7H,1-5,14H2;4H,1-3H2,(H2,7,10,11). The van der Waals surface area contributed by atoms with Crippen molar-refractivity contribution in [2.24, 2.45) is 5.14 Å². The van der Waals surface area contributed by atoms with E-state index in [0.29, 0.717) is 43.8 Å². The normalized spacial score (nSPS) is 18.1. The second-order valence-electron chi connectivity index (χ2n) is 14.9. The molecule has 56 heavy (non-hydrogen) atoms. The van der Waals surface area contributed by atoms with Crippen LogP contribution >= 0.6 is 23.2 Å². The molecule has 0 bridgehead atoms. The summed E-state index contributed by atoms with van der Waals surface area (Å²) in [5, 5.41) is 17.4. The predicted octanol–water partition coefficient (Wildman–Crippen LogP) is 5.80. The molecule has 0 atom stereocenters. The van der Waals surface area contributed by atoms with Gasteiger partial charge in [0.2, 0.25) is 21.8 Å². The lowest BCUT2D eigenvalue weighted by Gasteiger charge is -2.18. The molecule has 0 radical (unpaired) electrons. The third-order valence-electron chi connectivity index (χ3n) is 10.9. The average molecular weight is 848 g/mol. The van der Waals surface area contributed by atoms with Crippen LogP contribution in [0, 0.1) is 0 Å². The number of hydrogen-bond donors (Lipinski definition) is 4. The maximum atomic E-state index is 12.8. The summed E-state index contributed by atoms with van der Waals surface area (Å²) in [6.45, 7) is 2.18. The molecule has 0 spiro atoms. The molecule has 0 saturated heterocycles. The Morgan fingerprint density at radius 2 is 1.23 bits per heavy atom. The molecule has 4 aromatic rings. The molecule has 6 N–H and O–H groups in total. The van der Waals surface area contributed by atoms with E-state index in [1.807, 2.05) is 6.07 Å². The molecule has 2 fully saturated rings. The molecule has 2 saturated carbocycles. The fourth-order valence-electron chi connectivity index (χ4n) is 7.92. The highest BCUT2D eigenvalue weighted by atomic mass is 35.5. The van der Waals surface area contributed by atoms with E-state index in [9.17, 15) is 21.6 Å². The number of amides is 2.